The van der Waals surface area contributed by atoms with E-state index < -0.39 is 0 Å². The van der Waals surface area contributed by atoms with E-state index in [4.69, 9.17) is 4.74 Å². The summed E-state index contributed by atoms with van der Waals surface area (Å²) in [6.07, 6.45) is 6.90. The SMILES string of the molecule is COCCCN1C[C@@]2(CCCN(c3ccnc4ccccc34)C2)CCC1=O. The molecule has 1 aromatic carbocycles. The van der Waals surface area contributed by atoms with Crippen molar-refractivity contribution in [2.24, 2.45) is 5.41 Å². The molecule has 1 aromatic heterocycles. The van der Waals surface area contributed by atoms with Gasteiger partial charge < -0.3 is 14.5 Å². The number of hydrogen-bond acceptors (Lipinski definition) is 4. The summed E-state index contributed by atoms with van der Waals surface area (Å²) in [5, 5.41) is 1.22. The van der Waals surface area contributed by atoms with Crippen molar-refractivity contribution in [3.63, 3.8) is 0 Å². The molecule has 0 unspecified atom stereocenters. The molecule has 3 heterocycles. The molecule has 144 valence electrons. The van der Waals surface area contributed by atoms with E-state index >= 15 is 0 Å². The van der Waals surface area contributed by atoms with Gasteiger partial charge in [0.15, 0.2) is 0 Å². The quantitative estimate of drug-likeness (QED) is 0.759. The Labute approximate surface area is 161 Å². The highest BCUT2D eigenvalue weighted by atomic mass is 16.5. The molecule has 2 saturated heterocycles. The molecule has 5 heteroatoms. The fourth-order valence-corrected chi connectivity index (χ4v) is 4.81. The van der Waals surface area contributed by atoms with Crippen molar-refractivity contribution in [3.05, 3.63) is 36.5 Å². The van der Waals surface area contributed by atoms with Crippen molar-refractivity contribution < 1.29 is 9.53 Å². The average Bonchev–Trinajstić information content (AvgIpc) is 2.71. The first-order valence-electron chi connectivity index (χ1n) is 10.1. The number of para-hydroxylation sites is 1. The van der Waals surface area contributed by atoms with E-state index in [9.17, 15) is 4.79 Å². The number of ether oxygens (including phenoxy) is 1. The lowest BCUT2D eigenvalue weighted by atomic mass is 9.73. The number of hydrogen-bond donors (Lipinski definition) is 0. The number of likely N-dealkylation sites (tertiary alicyclic amines) is 1. The molecule has 0 bridgehead atoms. The fourth-order valence-electron chi connectivity index (χ4n) is 4.81. The molecule has 2 aliphatic rings. The monoisotopic (exact) mass is 367 g/mol. The van der Waals surface area contributed by atoms with Gasteiger partial charge in [-0.2, -0.15) is 0 Å². The van der Waals surface area contributed by atoms with Gasteiger partial charge in [0.1, 0.15) is 0 Å². The van der Waals surface area contributed by atoms with Crippen LogP contribution in [0.4, 0.5) is 5.69 Å². The van der Waals surface area contributed by atoms with Crippen LogP contribution in [0.1, 0.15) is 32.1 Å². The first-order chi connectivity index (χ1) is 13.2. The van der Waals surface area contributed by atoms with E-state index in [0.717, 1.165) is 44.5 Å². The lowest BCUT2D eigenvalue weighted by Crippen LogP contribution is -2.54. The number of carbonyl (C=O) groups is 1. The third kappa shape index (κ3) is 3.79. The van der Waals surface area contributed by atoms with Crippen molar-refractivity contribution in [1.29, 1.82) is 0 Å². The van der Waals surface area contributed by atoms with Crippen LogP contribution in [-0.2, 0) is 9.53 Å². The van der Waals surface area contributed by atoms with E-state index in [1.54, 1.807) is 7.11 Å². The summed E-state index contributed by atoms with van der Waals surface area (Å²) >= 11 is 0. The van der Waals surface area contributed by atoms with Crippen molar-refractivity contribution in [1.82, 2.24) is 9.88 Å². The Bertz CT molecular complexity index is 804. The van der Waals surface area contributed by atoms with Crippen LogP contribution in [0.25, 0.3) is 10.9 Å². The second kappa shape index (κ2) is 7.85. The summed E-state index contributed by atoms with van der Waals surface area (Å²) in [4.78, 5) is 21.5. The van der Waals surface area contributed by atoms with Crippen LogP contribution in [-0.4, -0.2) is 55.7 Å². The smallest absolute Gasteiger partial charge is 0.222 e. The van der Waals surface area contributed by atoms with Gasteiger partial charge >= 0.3 is 0 Å². The maximum absolute atomic E-state index is 12.4. The molecule has 5 nitrogen and oxygen atoms in total. The normalized spacial score (nSPS) is 23.4. The van der Waals surface area contributed by atoms with Gasteiger partial charge in [-0.3, -0.25) is 9.78 Å². The number of pyridine rings is 1. The predicted molar refractivity (Wildman–Crippen MR) is 108 cm³/mol. The number of anilines is 1. The number of rotatable bonds is 5. The number of methoxy groups -OCH3 is 1. The van der Waals surface area contributed by atoms with Crippen LogP contribution < -0.4 is 4.90 Å². The molecule has 2 fully saturated rings. The molecule has 1 atom stereocenters. The van der Waals surface area contributed by atoms with Crippen molar-refractivity contribution >= 4 is 22.5 Å². The molecule has 27 heavy (non-hydrogen) atoms. The largest absolute Gasteiger partial charge is 0.385 e. The summed E-state index contributed by atoms with van der Waals surface area (Å²) in [7, 11) is 1.72. The van der Waals surface area contributed by atoms with E-state index in [-0.39, 0.29) is 5.41 Å². The van der Waals surface area contributed by atoms with Crippen molar-refractivity contribution in [2.45, 2.75) is 32.1 Å². The molecule has 0 aliphatic carbocycles. The average molecular weight is 367 g/mol. The highest BCUT2D eigenvalue weighted by molar-refractivity contribution is 5.91. The number of aromatic nitrogens is 1. The molecule has 1 spiro atoms. The Balaban J connectivity index is 1.54. The predicted octanol–water partition coefficient (Wildman–Crippen LogP) is 3.48. The van der Waals surface area contributed by atoms with Crippen molar-refractivity contribution in [2.75, 3.05) is 44.8 Å². The number of fused-ring (bicyclic) bond motifs is 1. The Kier molecular flexibility index (Phi) is 5.30. The first kappa shape index (κ1) is 18.2. The van der Waals surface area contributed by atoms with Gasteiger partial charge in [0.25, 0.3) is 0 Å². The molecular weight excluding hydrogens is 338 g/mol. The van der Waals surface area contributed by atoms with Gasteiger partial charge in [-0.25, -0.2) is 0 Å². The minimum absolute atomic E-state index is 0.212. The molecule has 2 aliphatic heterocycles. The van der Waals surface area contributed by atoms with Crippen LogP contribution in [0, 0.1) is 5.41 Å². The second-order valence-electron chi connectivity index (χ2n) is 8.03. The Hall–Kier alpha value is -2.14. The fraction of sp³-hybridized carbons (Fsp3) is 0.545. The van der Waals surface area contributed by atoms with E-state index in [1.807, 2.05) is 12.3 Å². The van der Waals surface area contributed by atoms with Gasteiger partial charge in [0, 0.05) is 69.0 Å². The van der Waals surface area contributed by atoms with Crippen LogP contribution in [0.15, 0.2) is 36.5 Å². The van der Waals surface area contributed by atoms with E-state index in [1.165, 1.54) is 23.9 Å². The Morgan fingerprint density at radius 2 is 2.07 bits per heavy atom. The summed E-state index contributed by atoms with van der Waals surface area (Å²) in [6, 6.07) is 10.5. The number of carbonyl (C=O) groups excluding carboxylic acids is 1. The third-order valence-corrected chi connectivity index (χ3v) is 6.15. The topological polar surface area (TPSA) is 45.7 Å². The number of amides is 1. The second-order valence-corrected chi connectivity index (χ2v) is 8.03. The van der Waals surface area contributed by atoms with Crippen LogP contribution in [0.5, 0.6) is 0 Å². The number of benzene rings is 1. The zero-order chi connectivity index (χ0) is 18.7. The molecule has 4 rings (SSSR count). The minimum Gasteiger partial charge on any atom is -0.385 e. The zero-order valence-corrected chi connectivity index (χ0v) is 16.2. The third-order valence-electron chi connectivity index (χ3n) is 6.15. The van der Waals surface area contributed by atoms with Gasteiger partial charge in [-0.05, 0) is 37.8 Å². The van der Waals surface area contributed by atoms with E-state index in [2.05, 4.69) is 39.0 Å². The lowest BCUT2D eigenvalue weighted by molar-refractivity contribution is -0.138. The summed E-state index contributed by atoms with van der Waals surface area (Å²) in [5.41, 5.74) is 2.54. The Morgan fingerprint density at radius 1 is 1.19 bits per heavy atom. The standard InChI is InChI=1S/C22H29N3O2/c1-27-15-5-14-25-17-22(11-8-21(25)26)10-4-13-24(16-22)20-9-12-23-19-7-3-2-6-18(19)20/h2-3,6-7,9,12H,4-5,8,10-11,13-17H2,1H3/t22-/m0/s1. The van der Waals surface area contributed by atoms with Crippen molar-refractivity contribution in [3.8, 4) is 0 Å². The highest BCUT2D eigenvalue weighted by Crippen LogP contribution is 2.41. The zero-order valence-electron chi connectivity index (χ0n) is 16.2. The number of piperidine rings is 2. The molecular formula is C22H29N3O2. The van der Waals surface area contributed by atoms with Gasteiger partial charge in [0.2, 0.25) is 5.91 Å². The van der Waals surface area contributed by atoms with Gasteiger partial charge in [0.05, 0.1) is 5.52 Å². The maximum Gasteiger partial charge on any atom is 0.222 e. The maximum atomic E-state index is 12.4. The molecule has 0 radical (unpaired) electrons. The summed E-state index contributed by atoms with van der Waals surface area (Å²) in [5.74, 6) is 0.309. The highest BCUT2D eigenvalue weighted by Gasteiger charge is 2.41. The summed E-state index contributed by atoms with van der Waals surface area (Å²) in [6.45, 7) is 4.51. The summed E-state index contributed by atoms with van der Waals surface area (Å²) < 4.78 is 5.17. The van der Waals surface area contributed by atoms with Crippen LogP contribution >= 0.6 is 0 Å². The van der Waals surface area contributed by atoms with Crippen LogP contribution in [0.3, 0.4) is 0 Å². The minimum atomic E-state index is 0.212. The first-order valence-corrected chi connectivity index (χ1v) is 10.1. The van der Waals surface area contributed by atoms with Crippen LogP contribution in [0.2, 0.25) is 0 Å². The van der Waals surface area contributed by atoms with Gasteiger partial charge in [-0.1, -0.05) is 18.2 Å². The molecule has 0 N–H and O–H groups in total. The molecule has 2 aromatic rings. The molecule has 0 saturated carbocycles. The van der Waals surface area contributed by atoms with Gasteiger partial charge in [-0.15, -0.1) is 0 Å². The Morgan fingerprint density at radius 3 is 2.96 bits per heavy atom. The lowest BCUT2D eigenvalue weighted by Gasteiger charge is -2.49. The molecule has 1 amide bonds. The van der Waals surface area contributed by atoms with E-state index in [0.29, 0.717) is 18.9 Å². The number of nitrogens with zero attached hydrogens (tertiary/aromatic N) is 3.